The Labute approximate surface area is 107 Å². The monoisotopic (exact) mass is 238 g/mol. The normalized spacial score (nSPS) is 30.9. The summed E-state index contributed by atoms with van der Waals surface area (Å²) >= 11 is 0. The van der Waals surface area contributed by atoms with Crippen molar-refractivity contribution in [3.63, 3.8) is 0 Å². The quantitative estimate of drug-likeness (QED) is 0.797. The van der Waals surface area contributed by atoms with E-state index in [2.05, 4.69) is 18.7 Å². The first-order chi connectivity index (χ1) is 8.16. The van der Waals surface area contributed by atoms with Crippen LogP contribution in [0.15, 0.2) is 0 Å². The molecule has 2 unspecified atom stereocenters. The molecule has 2 fully saturated rings. The van der Waals surface area contributed by atoms with E-state index in [1.54, 1.807) is 0 Å². The molecule has 0 saturated heterocycles. The van der Waals surface area contributed by atoms with E-state index in [9.17, 15) is 0 Å². The van der Waals surface area contributed by atoms with Gasteiger partial charge in [0.05, 0.1) is 0 Å². The van der Waals surface area contributed by atoms with Gasteiger partial charge < -0.3 is 5.73 Å². The maximum Gasteiger partial charge on any atom is 0.0113 e. The summed E-state index contributed by atoms with van der Waals surface area (Å²) in [4.78, 5) is 2.83. The Morgan fingerprint density at radius 1 is 1.06 bits per heavy atom. The molecule has 0 bridgehead atoms. The fraction of sp³-hybridized carbons (Fsp3) is 1.00. The van der Waals surface area contributed by atoms with Crippen LogP contribution >= 0.6 is 0 Å². The van der Waals surface area contributed by atoms with Crippen LogP contribution in [0.1, 0.15) is 65.2 Å². The molecule has 0 spiro atoms. The molecular formula is C15H30N2. The first-order valence-corrected chi connectivity index (χ1v) is 7.68. The van der Waals surface area contributed by atoms with Gasteiger partial charge in [-0.15, -0.1) is 0 Å². The Kier molecular flexibility index (Phi) is 4.87. The number of hydrogen-bond donors (Lipinski definition) is 1. The van der Waals surface area contributed by atoms with Crippen molar-refractivity contribution in [2.75, 3.05) is 6.54 Å². The molecule has 2 rings (SSSR count). The van der Waals surface area contributed by atoms with Crippen molar-refractivity contribution in [1.82, 2.24) is 4.90 Å². The zero-order chi connectivity index (χ0) is 12.3. The second kappa shape index (κ2) is 6.19. The largest absolute Gasteiger partial charge is 0.328 e. The van der Waals surface area contributed by atoms with Gasteiger partial charge in [-0.1, -0.05) is 26.7 Å². The Bertz CT molecular complexity index is 221. The van der Waals surface area contributed by atoms with Crippen LogP contribution in [0.25, 0.3) is 0 Å². The molecule has 0 amide bonds. The SMILES string of the molecule is CC(C)CCN(C1CCCC1)C1CCC(N)C1. The van der Waals surface area contributed by atoms with Crippen molar-refractivity contribution in [3.8, 4) is 0 Å². The number of nitrogens with two attached hydrogens (primary N) is 1. The highest BCUT2D eigenvalue weighted by atomic mass is 15.2. The van der Waals surface area contributed by atoms with Crippen molar-refractivity contribution >= 4 is 0 Å². The summed E-state index contributed by atoms with van der Waals surface area (Å²) in [5, 5.41) is 0. The molecule has 2 atom stereocenters. The van der Waals surface area contributed by atoms with E-state index in [1.807, 2.05) is 0 Å². The van der Waals surface area contributed by atoms with Gasteiger partial charge in [0, 0.05) is 18.1 Å². The Morgan fingerprint density at radius 2 is 1.76 bits per heavy atom. The molecule has 2 aliphatic rings. The molecule has 2 heteroatoms. The van der Waals surface area contributed by atoms with Crippen LogP contribution in [0, 0.1) is 5.92 Å². The number of nitrogens with zero attached hydrogens (tertiary/aromatic N) is 1. The molecule has 0 heterocycles. The lowest BCUT2D eigenvalue weighted by molar-refractivity contribution is 0.129. The Balaban J connectivity index is 1.91. The van der Waals surface area contributed by atoms with E-state index in [4.69, 9.17) is 5.73 Å². The molecule has 0 aromatic carbocycles. The van der Waals surface area contributed by atoms with Crippen LogP contribution in [0.5, 0.6) is 0 Å². The molecule has 17 heavy (non-hydrogen) atoms. The molecule has 2 saturated carbocycles. The smallest absolute Gasteiger partial charge is 0.0113 e. The van der Waals surface area contributed by atoms with Gasteiger partial charge in [0.15, 0.2) is 0 Å². The van der Waals surface area contributed by atoms with E-state index in [1.165, 1.54) is 57.9 Å². The van der Waals surface area contributed by atoms with Crippen LogP contribution in [-0.4, -0.2) is 29.6 Å². The van der Waals surface area contributed by atoms with Gasteiger partial charge in [0.25, 0.3) is 0 Å². The summed E-state index contributed by atoms with van der Waals surface area (Å²) < 4.78 is 0. The molecule has 0 aromatic rings. The Hall–Kier alpha value is -0.0800. The van der Waals surface area contributed by atoms with Gasteiger partial charge in [-0.2, -0.15) is 0 Å². The fourth-order valence-electron chi connectivity index (χ4n) is 3.60. The predicted molar refractivity (Wildman–Crippen MR) is 74.0 cm³/mol. The highest BCUT2D eigenvalue weighted by molar-refractivity contribution is 4.89. The first kappa shape index (κ1) is 13.4. The lowest BCUT2D eigenvalue weighted by Crippen LogP contribution is -2.42. The van der Waals surface area contributed by atoms with Gasteiger partial charge in [0.1, 0.15) is 0 Å². The number of rotatable bonds is 5. The molecule has 2 aliphatic carbocycles. The van der Waals surface area contributed by atoms with Crippen molar-refractivity contribution in [2.24, 2.45) is 11.7 Å². The highest BCUT2D eigenvalue weighted by Gasteiger charge is 2.32. The van der Waals surface area contributed by atoms with Crippen LogP contribution in [-0.2, 0) is 0 Å². The van der Waals surface area contributed by atoms with Gasteiger partial charge in [-0.05, 0) is 51.0 Å². The standard InChI is InChI=1S/C15H30N2/c1-12(2)9-10-17(14-5-3-4-6-14)15-8-7-13(16)11-15/h12-15H,3-11,16H2,1-2H3. The maximum absolute atomic E-state index is 6.09. The molecule has 0 aromatic heterocycles. The van der Waals surface area contributed by atoms with Crippen LogP contribution in [0.4, 0.5) is 0 Å². The minimum Gasteiger partial charge on any atom is -0.328 e. The molecule has 0 aliphatic heterocycles. The third-order valence-electron chi connectivity index (χ3n) is 4.67. The molecule has 2 N–H and O–H groups in total. The maximum atomic E-state index is 6.09. The first-order valence-electron chi connectivity index (χ1n) is 7.68. The van der Waals surface area contributed by atoms with Crippen molar-refractivity contribution in [2.45, 2.75) is 83.3 Å². The van der Waals surface area contributed by atoms with Crippen molar-refractivity contribution < 1.29 is 0 Å². The fourth-order valence-corrected chi connectivity index (χ4v) is 3.60. The summed E-state index contributed by atoms with van der Waals surface area (Å²) in [5.41, 5.74) is 6.09. The topological polar surface area (TPSA) is 29.3 Å². The zero-order valence-corrected chi connectivity index (χ0v) is 11.7. The predicted octanol–water partition coefficient (Wildman–Crippen LogP) is 3.16. The van der Waals surface area contributed by atoms with Crippen LogP contribution in [0.3, 0.4) is 0 Å². The highest BCUT2D eigenvalue weighted by Crippen LogP contribution is 2.31. The van der Waals surface area contributed by atoms with Crippen LogP contribution in [0.2, 0.25) is 0 Å². The molecular weight excluding hydrogens is 208 g/mol. The second-order valence-electron chi connectivity index (χ2n) is 6.59. The van der Waals surface area contributed by atoms with E-state index >= 15 is 0 Å². The van der Waals surface area contributed by atoms with Gasteiger partial charge in [0.2, 0.25) is 0 Å². The summed E-state index contributed by atoms with van der Waals surface area (Å²) in [7, 11) is 0. The lowest BCUT2D eigenvalue weighted by Gasteiger charge is -2.35. The average Bonchev–Trinajstić information content (AvgIpc) is 2.90. The van der Waals surface area contributed by atoms with E-state index < -0.39 is 0 Å². The van der Waals surface area contributed by atoms with E-state index in [0.29, 0.717) is 6.04 Å². The summed E-state index contributed by atoms with van der Waals surface area (Å²) in [6.45, 7) is 5.99. The van der Waals surface area contributed by atoms with Gasteiger partial charge >= 0.3 is 0 Å². The van der Waals surface area contributed by atoms with Gasteiger partial charge in [-0.3, -0.25) is 4.90 Å². The Morgan fingerprint density at radius 3 is 2.29 bits per heavy atom. The molecule has 2 nitrogen and oxygen atoms in total. The van der Waals surface area contributed by atoms with Crippen LogP contribution < -0.4 is 5.73 Å². The average molecular weight is 238 g/mol. The van der Waals surface area contributed by atoms with Gasteiger partial charge in [-0.25, -0.2) is 0 Å². The second-order valence-corrected chi connectivity index (χ2v) is 6.59. The summed E-state index contributed by atoms with van der Waals surface area (Å²) in [6, 6.07) is 2.15. The third kappa shape index (κ3) is 3.69. The molecule has 0 radical (unpaired) electrons. The minimum atomic E-state index is 0.475. The zero-order valence-electron chi connectivity index (χ0n) is 11.7. The van der Waals surface area contributed by atoms with E-state index in [-0.39, 0.29) is 0 Å². The summed E-state index contributed by atoms with van der Waals surface area (Å²) in [5.74, 6) is 0.828. The lowest BCUT2D eigenvalue weighted by atomic mass is 10.1. The molecule has 100 valence electrons. The third-order valence-corrected chi connectivity index (χ3v) is 4.67. The van der Waals surface area contributed by atoms with Crippen molar-refractivity contribution in [1.29, 1.82) is 0 Å². The van der Waals surface area contributed by atoms with Crippen molar-refractivity contribution in [3.05, 3.63) is 0 Å². The summed E-state index contributed by atoms with van der Waals surface area (Å²) in [6.07, 6.45) is 10.9. The minimum absolute atomic E-state index is 0.475. The van der Waals surface area contributed by atoms with E-state index in [0.717, 1.165) is 18.0 Å². The number of hydrogen-bond acceptors (Lipinski definition) is 2.